The molecule has 0 aliphatic carbocycles. The number of carbonyl (C=O) groups is 1. The van der Waals surface area contributed by atoms with Gasteiger partial charge in [-0.2, -0.15) is 0 Å². The van der Waals surface area contributed by atoms with Crippen molar-refractivity contribution in [1.29, 1.82) is 0 Å². The van der Waals surface area contributed by atoms with Gasteiger partial charge in [0.1, 0.15) is 23.9 Å². The van der Waals surface area contributed by atoms with Crippen molar-refractivity contribution < 1.29 is 18.7 Å². The van der Waals surface area contributed by atoms with Crippen LogP contribution in [0.4, 0.5) is 4.39 Å². The molecule has 0 saturated carbocycles. The summed E-state index contributed by atoms with van der Waals surface area (Å²) < 4.78 is 24.0. The summed E-state index contributed by atoms with van der Waals surface area (Å²) in [4.78, 5) is 15.1. The number of nitrogens with one attached hydrogen (secondary N) is 2. The number of halogens is 1. The number of hydrogen-bond donors (Lipinski definition) is 2. The van der Waals surface area contributed by atoms with Crippen LogP contribution in [0.25, 0.3) is 10.9 Å². The van der Waals surface area contributed by atoms with Gasteiger partial charge in [-0.25, -0.2) is 4.39 Å². The Morgan fingerprint density at radius 1 is 1.16 bits per heavy atom. The van der Waals surface area contributed by atoms with Gasteiger partial charge in [-0.15, -0.1) is 0 Å². The maximum atomic E-state index is 13.4. The SMILES string of the molecule is COc1ccc(OCCNC(=O)Cc2c[nH]c3ccc(F)cc23)cc1. The zero-order valence-electron chi connectivity index (χ0n) is 13.8. The molecule has 2 N–H and O–H groups in total. The fraction of sp³-hybridized carbons (Fsp3) is 0.211. The third-order valence-corrected chi connectivity index (χ3v) is 3.83. The standard InChI is InChI=1S/C19H19FN2O3/c1-24-15-3-5-16(6-4-15)25-9-8-21-19(23)10-13-12-22-18-7-2-14(20)11-17(13)18/h2-7,11-12,22H,8-10H2,1H3,(H,21,23). The molecule has 0 atom stereocenters. The smallest absolute Gasteiger partial charge is 0.224 e. The molecular weight excluding hydrogens is 323 g/mol. The van der Waals surface area contributed by atoms with Crippen LogP contribution in [0, 0.1) is 5.82 Å². The maximum Gasteiger partial charge on any atom is 0.224 e. The molecule has 1 aromatic heterocycles. The van der Waals surface area contributed by atoms with Crippen LogP contribution in [0.3, 0.4) is 0 Å². The van der Waals surface area contributed by atoms with Crippen molar-refractivity contribution in [2.75, 3.05) is 20.3 Å². The summed E-state index contributed by atoms with van der Waals surface area (Å²) in [5.41, 5.74) is 1.58. The first-order valence-corrected chi connectivity index (χ1v) is 7.95. The summed E-state index contributed by atoms with van der Waals surface area (Å²) >= 11 is 0. The lowest BCUT2D eigenvalue weighted by Crippen LogP contribution is -2.29. The number of aromatic amines is 1. The Bertz CT molecular complexity index is 859. The number of rotatable bonds is 7. The second-order valence-corrected chi connectivity index (χ2v) is 5.55. The second-order valence-electron chi connectivity index (χ2n) is 5.55. The van der Waals surface area contributed by atoms with Crippen LogP contribution in [0.5, 0.6) is 11.5 Å². The molecule has 0 saturated heterocycles. The zero-order chi connectivity index (χ0) is 17.6. The summed E-state index contributed by atoms with van der Waals surface area (Å²) in [5.74, 6) is 1.02. The lowest BCUT2D eigenvalue weighted by atomic mass is 10.1. The Morgan fingerprint density at radius 3 is 2.68 bits per heavy atom. The van der Waals surface area contributed by atoms with Crippen molar-refractivity contribution in [3.8, 4) is 11.5 Å². The van der Waals surface area contributed by atoms with Gasteiger partial charge in [0.05, 0.1) is 20.1 Å². The molecule has 0 aliphatic heterocycles. The van der Waals surface area contributed by atoms with Crippen LogP contribution in [0.2, 0.25) is 0 Å². The third kappa shape index (κ3) is 4.29. The molecule has 1 amide bonds. The van der Waals surface area contributed by atoms with Crippen molar-refractivity contribution in [1.82, 2.24) is 10.3 Å². The monoisotopic (exact) mass is 342 g/mol. The number of hydrogen-bond acceptors (Lipinski definition) is 3. The Hall–Kier alpha value is -3.02. The minimum absolute atomic E-state index is 0.136. The average molecular weight is 342 g/mol. The Balaban J connectivity index is 1.46. The lowest BCUT2D eigenvalue weighted by molar-refractivity contribution is -0.120. The number of fused-ring (bicyclic) bond motifs is 1. The molecule has 0 spiro atoms. The second kappa shape index (κ2) is 7.70. The van der Waals surface area contributed by atoms with E-state index in [1.807, 2.05) is 12.1 Å². The highest BCUT2D eigenvalue weighted by atomic mass is 19.1. The number of carbonyl (C=O) groups excluding carboxylic acids is 1. The van der Waals surface area contributed by atoms with Crippen LogP contribution >= 0.6 is 0 Å². The summed E-state index contributed by atoms with van der Waals surface area (Å²) in [6.07, 6.45) is 1.92. The van der Waals surface area contributed by atoms with Crippen molar-refractivity contribution in [2.45, 2.75) is 6.42 Å². The number of aromatic nitrogens is 1. The highest BCUT2D eigenvalue weighted by Gasteiger charge is 2.09. The quantitative estimate of drug-likeness (QED) is 0.649. The van der Waals surface area contributed by atoms with Gasteiger partial charge in [0, 0.05) is 17.1 Å². The molecule has 0 radical (unpaired) electrons. The van der Waals surface area contributed by atoms with Gasteiger partial charge in [0.15, 0.2) is 0 Å². The number of amides is 1. The van der Waals surface area contributed by atoms with E-state index in [1.54, 1.807) is 31.5 Å². The van der Waals surface area contributed by atoms with E-state index >= 15 is 0 Å². The molecule has 3 aromatic rings. The van der Waals surface area contributed by atoms with Gasteiger partial charge in [0.2, 0.25) is 5.91 Å². The average Bonchev–Trinajstić information content (AvgIpc) is 3.01. The van der Waals surface area contributed by atoms with E-state index in [-0.39, 0.29) is 18.1 Å². The molecule has 1 heterocycles. The van der Waals surface area contributed by atoms with Gasteiger partial charge in [0.25, 0.3) is 0 Å². The van der Waals surface area contributed by atoms with Gasteiger partial charge >= 0.3 is 0 Å². The number of ether oxygens (including phenoxy) is 2. The fourth-order valence-corrected chi connectivity index (χ4v) is 2.56. The predicted molar refractivity (Wildman–Crippen MR) is 93.5 cm³/mol. The van der Waals surface area contributed by atoms with Gasteiger partial charge < -0.3 is 19.8 Å². The first-order chi connectivity index (χ1) is 12.2. The van der Waals surface area contributed by atoms with Crippen molar-refractivity contribution in [2.24, 2.45) is 0 Å². The first kappa shape index (κ1) is 16.8. The molecule has 0 bridgehead atoms. The molecule has 3 rings (SSSR count). The van der Waals surface area contributed by atoms with Gasteiger partial charge in [-0.05, 0) is 48.0 Å². The van der Waals surface area contributed by atoms with Crippen molar-refractivity contribution in [3.05, 3.63) is 60.0 Å². The summed E-state index contributed by atoms with van der Waals surface area (Å²) in [7, 11) is 1.60. The van der Waals surface area contributed by atoms with Crippen LogP contribution in [-0.4, -0.2) is 31.2 Å². The molecule has 0 unspecified atom stereocenters. The van der Waals surface area contributed by atoms with Crippen molar-refractivity contribution >= 4 is 16.8 Å². The number of methoxy groups -OCH3 is 1. The van der Waals surface area contributed by atoms with Crippen LogP contribution in [0.1, 0.15) is 5.56 Å². The van der Waals surface area contributed by atoms with Crippen molar-refractivity contribution in [3.63, 3.8) is 0 Å². The maximum absolute atomic E-state index is 13.4. The molecule has 2 aromatic carbocycles. The molecule has 5 nitrogen and oxygen atoms in total. The molecule has 130 valence electrons. The van der Waals surface area contributed by atoms with E-state index < -0.39 is 0 Å². The normalized spacial score (nSPS) is 10.6. The summed E-state index contributed by atoms with van der Waals surface area (Å²) in [5, 5.41) is 3.52. The predicted octanol–water partition coefficient (Wildman–Crippen LogP) is 3.05. The highest BCUT2D eigenvalue weighted by molar-refractivity contribution is 5.88. The van der Waals surface area contributed by atoms with Gasteiger partial charge in [-0.1, -0.05) is 0 Å². The lowest BCUT2D eigenvalue weighted by Gasteiger charge is -2.08. The Kier molecular flexibility index (Phi) is 5.18. The fourth-order valence-electron chi connectivity index (χ4n) is 2.56. The minimum Gasteiger partial charge on any atom is -0.497 e. The van der Waals surface area contributed by atoms with E-state index in [1.165, 1.54) is 12.1 Å². The molecular formula is C19H19FN2O3. The third-order valence-electron chi connectivity index (χ3n) is 3.83. The molecule has 6 heteroatoms. The molecule has 0 fully saturated rings. The minimum atomic E-state index is -0.318. The largest absolute Gasteiger partial charge is 0.497 e. The van der Waals surface area contributed by atoms with E-state index in [4.69, 9.17) is 9.47 Å². The first-order valence-electron chi connectivity index (χ1n) is 7.95. The summed E-state index contributed by atoms with van der Waals surface area (Å²) in [6, 6.07) is 11.7. The van der Waals surface area contributed by atoms with E-state index in [0.29, 0.717) is 18.9 Å². The highest BCUT2D eigenvalue weighted by Crippen LogP contribution is 2.20. The van der Waals surface area contributed by atoms with Crippen LogP contribution in [-0.2, 0) is 11.2 Å². The van der Waals surface area contributed by atoms with Crippen LogP contribution < -0.4 is 14.8 Å². The topological polar surface area (TPSA) is 63.4 Å². The van der Waals surface area contributed by atoms with Gasteiger partial charge in [-0.3, -0.25) is 4.79 Å². The zero-order valence-corrected chi connectivity index (χ0v) is 13.8. The van der Waals surface area contributed by atoms with E-state index in [0.717, 1.165) is 22.2 Å². The van der Waals surface area contributed by atoms with E-state index in [2.05, 4.69) is 10.3 Å². The Morgan fingerprint density at radius 2 is 1.92 bits per heavy atom. The number of H-pyrrole nitrogens is 1. The van der Waals surface area contributed by atoms with Crippen LogP contribution in [0.15, 0.2) is 48.7 Å². The molecule has 0 aliphatic rings. The summed E-state index contributed by atoms with van der Waals surface area (Å²) in [6.45, 7) is 0.752. The molecule has 25 heavy (non-hydrogen) atoms. The van der Waals surface area contributed by atoms with E-state index in [9.17, 15) is 9.18 Å². The Labute approximate surface area is 144 Å². The number of benzene rings is 2.